The molecule has 0 atom stereocenters. The van der Waals surface area contributed by atoms with Crippen LogP contribution in [0, 0.1) is 11.6 Å². The molecule has 1 aromatic heterocycles. The first kappa shape index (κ1) is 14.8. The molecule has 6 heteroatoms. The van der Waals surface area contributed by atoms with E-state index in [1.165, 1.54) is 12.4 Å². The fourth-order valence-corrected chi connectivity index (χ4v) is 1.97. The topological polar surface area (TPSA) is 54.9 Å². The third kappa shape index (κ3) is 3.37. The molecule has 1 amide bonds. The molecular formula is C17H11F2N3O. The molecule has 0 saturated heterocycles. The van der Waals surface area contributed by atoms with E-state index in [2.05, 4.69) is 15.3 Å². The Labute approximate surface area is 130 Å². The van der Waals surface area contributed by atoms with E-state index in [0.29, 0.717) is 5.82 Å². The third-order valence-corrected chi connectivity index (χ3v) is 3.12. The maximum absolute atomic E-state index is 13.5. The second-order valence-corrected chi connectivity index (χ2v) is 4.74. The highest BCUT2D eigenvalue weighted by Crippen LogP contribution is 2.17. The number of hydrogen-bond donors (Lipinski definition) is 1. The second-order valence-electron chi connectivity index (χ2n) is 4.74. The average Bonchev–Trinajstić information content (AvgIpc) is 2.59. The van der Waals surface area contributed by atoms with Crippen LogP contribution in [-0.4, -0.2) is 15.9 Å². The number of hydrogen-bond acceptors (Lipinski definition) is 3. The molecule has 3 aromatic rings. The molecule has 0 bridgehead atoms. The summed E-state index contributed by atoms with van der Waals surface area (Å²) in [5.41, 5.74) is 0.728. The Morgan fingerprint density at radius 3 is 2.35 bits per heavy atom. The predicted molar refractivity (Wildman–Crippen MR) is 81.8 cm³/mol. The SMILES string of the molecule is O=C(Nc1cc(F)ccc1F)c1cnc(-c2ccccc2)nc1. The Morgan fingerprint density at radius 2 is 1.65 bits per heavy atom. The van der Waals surface area contributed by atoms with Gasteiger partial charge in [-0.25, -0.2) is 18.7 Å². The van der Waals surface area contributed by atoms with Crippen LogP contribution < -0.4 is 5.32 Å². The van der Waals surface area contributed by atoms with E-state index in [-0.39, 0.29) is 11.3 Å². The molecule has 0 aliphatic carbocycles. The van der Waals surface area contributed by atoms with Crippen molar-refractivity contribution in [2.45, 2.75) is 0 Å². The molecule has 2 aromatic carbocycles. The lowest BCUT2D eigenvalue weighted by atomic mass is 10.2. The summed E-state index contributed by atoms with van der Waals surface area (Å²) in [7, 11) is 0. The van der Waals surface area contributed by atoms with Gasteiger partial charge < -0.3 is 5.32 Å². The lowest BCUT2D eigenvalue weighted by molar-refractivity contribution is 0.102. The van der Waals surface area contributed by atoms with E-state index >= 15 is 0 Å². The van der Waals surface area contributed by atoms with Gasteiger partial charge in [-0.3, -0.25) is 4.79 Å². The fraction of sp³-hybridized carbons (Fsp3) is 0. The number of rotatable bonds is 3. The van der Waals surface area contributed by atoms with Crippen molar-refractivity contribution < 1.29 is 13.6 Å². The van der Waals surface area contributed by atoms with Gasteiger partial charge in [0.15, 0.2) is 5.82 Å². The molecule has 0 radical (unpaired) electrons. The molecule has 0 saturated carbocycles. The minimum Gasteiger partial charge on any atom is -0.319 e. The van der Waals surface area contributed by atoms with Gasteiger partial charge in [0.1, 0.15) is 11.6 Å². The first-order chi connectivity index (χ1) is 11.1. The summed E-state index contributed by atoms with van der Waals surface area (Å²) >= 11 is 0. The van der Waals surface area contributed by atoms with Gasteiger partial charge in [-0.05, 0) is 12.1 Å². The third-order valence-electron chi connectivity index (χ3n) is 3.12. The zero-order chi connectivity index (χ0) is 16.2. The lowest BCUT2D eigenvalue weighted by Crippen LogP contribution is -2.14. The number of nitrogens with one attached hydrogen (secondary N) is 1. The summed E-state index contributed by atoms with van der Waals surface area (Å²) in [4.78, 5) is 20.3. The highest BCUT2D eigenvalue weighted by Gasteiger charge is 2.11. The van der Waals surface area contributed by atoms with Gasteiger partial charge in [-0.1, -0.05) is 30.3 Å². The van der Waals surface area contributed by atoms with Crippen LogP contribution in [0.2, 0.25) is 0 Å². The molecule has 0 fully saturated rings. The van der Waals surface area contributed by atoms with Crippen LogP contribution >= 0.6 is 0 Å². The molecule has 114 valence electrons. The maximum Gasteiger partial charge on any atom is 0.258 e. The maximum atomic E-state index is 13.5. The van der Waals surface area contributed by atoms with E-state index in [0.717, 1.165) is 23.8 Å². The van der Waals surface area contributed by atoms with E-state index < -0.39 is 17.5 Å². The minimum atomic E-state index is -0.721. The molecule has 1 heterocycles. The quantitative estimate of drug-likeness (QED) is 0.803. The van der Waals surface area contributed by atoms with E-state index in [9.17, 15) is 13.6 Å². The number of aromatic nitrogens is 2. The van der Waals surface area contributed by atoms with Gasteiger partial charge in [0.2, 0.25) is 0 Å². The Balaban J connectivity index is 1.79. The number of anilines is 1. The second kappa shape index (κ2) is 6.31. The van der Waals surface area contributed by atoms with Gasteiger partial charge in [0, 0.05) is 24.0 Å². The summed E-state index contributed by atoms with van der Waals surface area (Å²) in [5.74, 6) is -1.51. The summed E-state index contributed by atoms with van der Waals surface area (Å²) in [6, 6.07) is 12.1. The zero-order valence-electron chi connectivity index (χ0n) is 11.8. The Morgan fingerprint density at radius 1 is 0.957 bits per heavy atom. The van der Waals surface area contributed by atoms with Crippen molar-refractivity contribution in [1.82, 2.24) is 9.97 Å². The highest BCUT2D eigenvalue weighted by molar-refractivity contribution is 6.04. The van der Waals surface area contributed by atoms with Crippen molar-refractivity contribution >= 4 is 11.6 Å². The number of carbonyl (C=O) groups is 1. The largest absolute Gasteiger partial charge is 0.319 e. The Bertz CT molecular complexity index is 836. The van der Waals surface area contributed by atoms with E-state index in [1.54, 1.807) is 0 Å². The number of benzene rings is 2. The number of carbonyl (C=O) groups excluding carboxylic acids is 1. The molecular weight excluding hydrogens is 300 g/mol. The summed E-state index contributed by atoms with van der Waals surface area (Å²) < 4.78 is 26.6. The lowest BCUT2D eigenvalue weighted by Gasteiger charge is -2.06. The molecule has 0 unspecified atom stereocenters. The van der Waals surface area contributed by atoms with Crippen LogP contribution in [0.3, 0.4) is 0 Å². The smallest absolute Gasteiger partial charge is 0.258 e. The molecule has 1 N–H and O–H groups in total. The zero-order valence-corrected chi connectivity index (χ0v) is 11.8. The number of nitrogens with zero attached hydrogens (tertiary/aromatic N) is 2. The van der Waals surface area contributed by atoms with Gasteiger partial charge in [0.25, 0.3) is 5.91 Å². The van der Waals surface area contributed by atoms with Gasteiger partial charge in [-0.2, -0.15) is 0 Å². The molecule has 0 aliphatic rings. The van der Waals surface area contributed by atoms with Crippen LogP contribution in [-0.2, 0) is 0 Å². The average molecular weight is 311 g/mol. The molecule has 3 rings (SSSR count). The Kier molecular flexibility index (Phi) is 4.05. The standard InChI is InChI=1S/C17H11F2N3O/c18-13-6-7-14(19)15(8-13)22-17(23)12-9-20-16(21-10-12)11-4-2-1-3-5-11/h1-10H,(H,22,23). The van der Waals surface area contributed by atoms with E-state index in [1.807, 2.05) is 30.3 Å². The fourth-order valence-electron chi connectivity index (χ4n) is 1.97. The molecule has 0 aliphatic heterocycles. The van der Waals surface area contributed by atoms with Crippen molar-refractivity contribution in [3.8, 4) is 11.4 Å². The van der Waals surface area contributed by atoms with E-state index in [4.69, 9.17) is 0 Å². The van der Waals surface area contributed by atoms with Crippen molar-refractivity contribution in [1.29, 1.82) is 0 Å². The highest BCUT2D eigenvalue weighted by atomic mass is 19.1. The van der Waals surface area contributed by atoms with Crippen LogP contribution in [0.1, 0.15) is 10.4 Å². The first-order valence-electron chi connectivity index (χ1n) is 6.77. The van der Waals surface area contributed by atoms with Crippen molar-refractivity contribution in [3.63, 3.8) is 0 Å². The predicted octanol–water partition coefficient (Wildman–Crippen LogP) is 3.67. The minimum absolute atomic E-state index is 0.147. The monoisotopic (exact) mass is 311 g/mol. The van der Waals surface area contributed by atoms with Crippen LogP contribution in [0.15, 0.2) is 60.9 Å². The summed E-state index contributed by atoms with van der Waals surface area (Å²) in [6.07, 6.45) is 2.67. The van der Waals surface area contributed by atoms with Gasteiger partial charge in [-0.15, -0.1) is 0 Å². The van der Waals surface area contributed by atoms with Crippen LogP contribution in [0.4, 0.5) is 14.5 Å². The first-order valence-corrected chi connectivity index (χ1v) is 6.77. The van der Waals surface area contributed by atoms with Gasteiger partial charge >= 0.3 is 0 Å². The van der Waals surface area contributed by atoms with Crippen molar-refractivity contribution in [2.24, 2.45) is 0 Å². The summed E-state index contributed by atoms with van der Waals surface area (Å²) in [5, 5.41) is 2.29. The van der Waals surface area contributed by atoms with Crippen molar-refractivity contribution in [2.75, 3.05) is 5.32 Å². The van der Waals surface area contributed by atoms with Gasteiger partial charge in [0.05, 0.1) is 11.3 Å². The number of amides is 1. The van der Waals surface area contributed by atoms with Crippen molar-refractivity contribution in [3.05, 3.63) is 78.1 Å². The van der Waals surface area contributed by atoms with Crippen LogP contribution in [0.5, 0.6) is 0 Å². The molecule has 0 spiro atoms. The summed E-state index contributed by atoms with van der Waals surface area (Å²) in [6.45, 7) is 0. The molecule has 23 heavy (non-hydrogen) atoms. The van der Waals surface area contributed by atoms with Crippen LogP contribution in [0.25, 0.3) is 11.4 Å². The normalized spacial score (nSPS) is 10.3. The molecule has 4 nitrogen and oxygen atoms in total. The Hall–Kier alpha value is -3.15. The number of halogens is 2.